The summed E-state index contributed by atoms with van der Waals surface area (Å²) in [5.41, 5.74) is 2.26. The lowest BCUT2D eigenvalue weighted by molar-refractivity contribution is -0.118. The first kappa shape index (κ1) is 19.7. The number of fused-ring (bicyclic) bond motifs is 1. The van der Waals surface area contributed by atoms with Gasteiger partial charge >= 0.3 is 0 Å². The van der Waals surface area contributed by atoms with Crippen LogP contribution in [0.2, 0.25) is 0 Å². The molecule has 2 N–H and O–H groups in total. The zero-order valence-electron chi connectivity index (χ0n) is 15.2. The van der Waals surface area contributed by atoms with Crippen LogP contribution in [0.15, 0.2) is 42.5 Å². The van der Waals surface area contributed by atoms with Gasteiger partial charge in [-0.15, -0.1) is 0 Å². The predicted octanol–water partition coefficient (Wildman–Crippen LogP) is 1.39. The van der Waals surface area contributed by atoms with Gasteiger partial charge in [0.25, 0.3) is 0 Å². The van der Waals surface area contributed by atoms with Crippen LogP contribution < -0.4 is 20.1 Å². The number of hydrogen-bond donors (Lipinski definition) is 2. The fourth-order valence-corrected chi connectivity index (χ4v) is 3.66. The zero-order valence-corrected chi connectivity index (χ0v) is 16.0. The van der Waals surface area contributed by atoms with Crippen molar-refractivity contribution in [3.05, 3.63) is 53.6 Å². The second-order valence-electron chi connectivity index (χ2n) is 6.41. The van der Waals surface area contributed by atoms with Gasteiger partial charge in [0, 0.05) is 12.2 Å². The minimum atomic E-state index is -3.89. The first-order valence-electron chi connectivity index (χ1n) is 8.53. The van der Waals surface area contributed by atoms with E-state index in [1.807, 2.05) is 6.92 Å². The van der Waals surface area contributed by atoms with Crippen LogP contribution in [0.1, 0.15) is 11.1 Å². The van der Waals surface area contributed by atoms with Crippen molar-refractivity contribution in [2.24, 2.45) is 0 Å². The van der Waals surface area contributed by atoms with Crippen molar-refractivity contribution in [2.45, 2.75) is 13.5 Å². The van der Waals surface area contributed by atoms with Crippen LogP contribution >= 0.6 is 0 Å². The van der Waals surface area contributed by atoms with E-state index in [1.165, 1.54) is 0 Å². The fourth-order valence-electron chi connectivity index (χ4n) is 2.59. The van der Waals surface area contributed by atoms with Gasteiger partial charge in [-0.25, -0.2) is 8.42 Å². The van der Waals surface area contributed by atoms with Gasteiger partial charge in [-0.2, -0.15) is 0 Å². The lowest BCUT2D eigenvalue weighted by Gasteiger charge is -2.08. The molecule has 2 aromatic carbocycles. The maximum Gasteiger partial charge on any atom is 0.239 e. The highest BCUT2D eigenvalue weighted by Crippen LogP contribution is 2.32. The molecule has 1 heterocycles. The minimum Gasteiger partial charge on any atom is -0.454 e. The number of benzene rings is 2. The molecule has 0 saturated carbocycles. The number of sulfone groups is 1. The van der Waals surface area contributed by atoms with Crippen molar-refractivity contribution in [1.82, 2.24) is 5.32 Å². The monoisotopic (exact) mass is 404 g/mol. The largest absolute Gasteiger partial charge is 0.454 e. The molecule has 0 aromatic heterocycles. The molecule has 1 aliphatic rings. The molecule has 0 bridgehead atoms. The smallest absolute Gasteiger partial charge is 0.239 e. The molecule has 0 fully saturated rings. The summed E-state index contributed by atoms with van der Waals surface area (Å²) < 4.78 is 34.7. The Labute approximate surface area is 162 Å². The van der Waals surface area contributed by atoms with E-state index in [2.05, 4.69) is 10.6 Å². The molecular formula is C19H20N2O6S. The van der Waals surface area contributed by atoms with E-state index in [9.17, 15) is 18.0 Å². The molecular weight excluding hydrogens is 384 g/mol. The lowest BCUT2D eigenvalue weighted by Crippen LogP contribution is -2.33. The second kappa shape index (κ2) is 8.30. The standard InChI is InChI=1S/C19H20N2O6S/c1-13-2-5-15(6-3-13)21-19(23)11-28(24,25)10-18(22)20-9-14-4-7-16-17(8-14)27-12-26-16/h2-8H,9-12H2,1H3,(H,20,22)(H,21,23). The Morgan fingerprint density at radius 1 is 0.964 bits per heavy atom. The van der Waals surface area contributed by atoms with Crippen LogP contribution in [0.4, 0.5) is 5.69 Å². The molecule has 0 unspecified atom stereocenters. The highest BCUT2D eigenvalue weighted by atomic mass is 32.2. The number of rotatable bonds is 7. The molecule has 0 aliphatic carbocycles. The van der Waals surface area contributed by atoms with Crippen molar-refractivity contribution in [3.8, 4) is 11.5 Å². The van der Waals surface area contributed by atoms with Crippen molar-refractivity contribution < 1.29 is 27.5 Å². The number of ether oxygens (including phenoxy) is 2. The van der Waals surface area contributed by atoms with Crippen molar-refractivity contribution in [3.63, 3.8) is 0 Å². The highest BCUT2D eigenvalue weighted by molar-refractivity contribution is 7.92. The van der Waals surface area contributed by atoms with Crippen LogP contribution in [0.3, 0.4) is 0 Å². The van der Waals surface area contributed by atoms with Gasteiger partial charge in [-0.1, -0.05) is 23.8 Å². The summed E-state index contributed by atoms with van der Waals surface area (Å²) in [6.07, 6.45) is 0. The van der Waals surface area contributed by atoms with Crippen LogP contribution in [0.5, 0.6) is 11.5 Å². The fraction of sp³-hybridized carbons (Fsp3) is 0.263. The van der Waals surface area contributed by atoms with Crippen molar-refractivity contribution in [1.29, 1.82) is 0 Å². The Balaban J connectivity index is 1.48. The molecule has 0 atom stereocenters. The van der Waals surface area contributed by atoms with E-state index in [-0.39, 0.29) is 13.3 Å². The Morgan fingerprint density at radius 3 is 2.39 bits per heavy atom. The Bertz CT molecular complexity index is 986. The summed E-state index contributed by atoms with van der Waals surface area (Å²) in [5.74, 6) is -1.70. The van der Waals surface area contributed by atoms with Gasteiger partial charge in [-0.3, -0.25) is 9.59 Å². The zero-order chi connectivity index (χ0) is 20.1. The van der Waals surface area contributed by atoms with Gasteiger partial charge in [0.15, 0.2) is 21.3 Å². The molecule has 0 saturated heterocycles. The van der Waals surface area contributed by atoms with Gasteiger partial charge in [0.1, 0.15) is 11.5 Å². The van der Waals surface area contributed by atoms with Crippen LogP contribution in [0, 0.1) is 6.92 Å². The normalized spacial score (nSPS) is 12.5. The summed E-state index contributed by atoms with van der Waals surface area (Å²) in [6.45, 7) is 2.19. The van der Waals surface area contributed by atoms with E-state index in [4.69, 9.17) is 9.47 Å². The van der Waals surface area contributed by atoms with Crippen LogP contribution in [-0.4, -0.2) is 38.5 Å². The minimum absolute atomic E-state index is 0.139. The third kappa shape index (κ3) is 5.46. The summed E-state index contributed by atoms with van der Waals surface area (Å²) >= 11 is 0. The van der Waals surface area contributed by atoms with E-state index in [0.29, 0.717) is 17.2 Å². The average molecular weight is 404 g/mol. The number of hydrogen-bond acceptors (Lipinski definition) is 6. The molecule has 2 amide bonds. The molecule has 148 valence electrons. The van der Waals surface area contributed by atoms with E-state index in [0.717, 1.165) is 11.1 Å². The van der Waals surface area contributed by atoms with Crippen LogP contribution in [0.25, 0.3) is 0 Å². The molecule has 3 rings (SSSR count). The van der Waals surface area contributed by atoms with Gasteiger partial charge in [-0.05, 0) is 36.8 Å². The number of aryl methyl sites for hydroxylation is 1. The molecule has 1 aliphatic heterocycles. The molecule has 8 nitrogen and oxygen atoms in total. The molecule has 0 radical (unpaired) electrons. The third-order valence-corrected chi connectivity index (χ3v) is 5.37. The van der Waals surface area contributed by atoms with Gasteiger partial charge in [0.2, 0.25) is 18.6 Å². The second-order valence-corrected chi connectivity index (χ2v) is 8.48. The molecule has 28 heavy (non-hydrogen) atoms. The number of carbonyl (C=O) groups is 2. The maximum absolute atomic E-state index is 12.1. The summed E-state index contributed by atoms with van der Waals surface area (Å²) in [4.78, 5) is 23.9. The number of carbonyl (C=O) groups excluding carboxylic acids is 2. The topological polar surface area (TPSA) is 111 Å². The maximum atomic E-state index is 12.1. The first-order valence-corrected chi connectivity index (χ1v) is 10.3. The summed E-state index contributed by atoms with van der Waals surface area (Å²) in [7, 11) is -3.89. The number of anilines is 1. The molecule has 9 heteroatoms. The highest BCUT2D eigenvalue weighted by Gasteiger charge is 2.21. The van der Waals surface area contributed by atoms with E-state index in [1.54, 1.807) is 42.5 Å². The van der Waals surface area contributed by atoms with Crippen LogP contribution in [-0.2, 0) is 26.0 Å². The summed E-state index contributed by atoms with van der Waals surface area (Å²) in [6, 6.07) is 12.1. The van der Waals surface area contributed by atoms with Crippen molar-refractivity contribution in [2.75, 3.05) is 23.6 Å². The summed E-state index contributed by atoms with van der Waals surface area (Å²) in [5, 5.41) is 5.03. The SMILES string of the molecule is Cc1ccc(NC(=O)CS(=O)(=O)CC(=O)NCc2ccc3c(c2)OCO3)cc1. The average Bonchev–Trinajstić information content (AvgIpc) is 3.08. The van der Waals surface area contributed by atoms with E-state index < -0.39 is 33.2 Å². The number of amides is 2. The predicted molar refractivity (Wildman–Crippen MR) is 103 cm³/mol. The third-order valence-electron chi connectivity index (χ3n) is 3.96. The Hall–Kier alpha value is -3.07. The molecule has 2 aromatic rings. The Kier molecular flexibility index (Phi) is 5.84. The van der Waals surface area contributed by atoms with Crippen molar-refractivity contribution >= 4 is 27.3 Å². The Morgan fingerprint density at radius 2 is 1.64 bits per heavy atom. The lowest BCUT2D eigenvalue weighted by atomic mass is 10.2. The van der Waals surface area contributed by atoms with E-state index >= 15 is 0 Å². The quantitative estimate of drug-likeness (QED) is 0.722. The first-order chi connectivity index (χ1) is 13.3. The number of nitrogens with one attached hydrogen (secondary N) is 2. The van der Waals surface area contributed by atoms with Gasteiger partial charge < -0.3 is 20.1 Å². The van der Waals surface area contributed by atoms with Gasteiger partial charge in [0.05, 0.1) is 0 Å². The molecule has 0 spiro atoms.